The second-order valence-electron chi connectivity index (χ2n) is 5.34. The Morgan fingerprint density at radius 2 is 1.90 bits per heavy atom. The lowest BCUT2D eigenvalue weighted by molar-refractivity contribution is 0.470. The first-order valence-electron chi connectivity index (χ1n) is 7.65. The normalized spacial score (nSPS) is 12.6. The summed E-state index contributed by atoms with van der Waals surface area (Å²) in [6.45, 7) is 7.53. The van der Waals surface area contributed by atoms with E-state index in [1.165, 1.54) is 11.1 Å². The molecule has 1 atom stereocenters. The average Bonchev–Trinajstić information content (AvgIpc) is 2.88. The number of nitrogens with one attached hydrogen (secondary N) is 1. The van der Waals surface area contributed by atoms with E-state index in [1.54, 1.807) is 0 Å². The van der Waals surface area contributed by atoms with Crippen molar-refractivity contribution in [2.24, 2.45) is 0 Å². The summed E-state index contributed by atoms with van der Waals surface area (Å²) in [6, 6.07) is 13.2. The highest BCUT2D eigenvalue weighted by Crippen LogP contribution is 2.27. The maximum absolute atomic E-state index is 6.03. The summed E-state index contributed by atoms with van der Waals surface area (Å²) < 4.78 is 6.03. The zero-order valence-electron chi connectivity index (χ0n) is 12.8. The number of rotatable bonds is 7. The third-order valence-corrected chi connectivity index (χ3v) is 3.52. The Bertz CT molecular complexity index is 530. The van der Waals surface area contributed by atoms with Gasteiger partial charge in [-0.15, -0.1) is 0 Å². The molecule has 1 aromatic carbocycles. The monoisotopic (exact) mass is 271 g/mol. The molecule has 0 amide bonds. The molecule has 0 aliphatic heterocycles. The topological polar surface area (TPSA) is 25.2 Å². The van der Waals surface area contributed by atoms with Crippen LogP contribution in [-0.2, 0) is 12.8 Å². The molecule has 0 aliphatic rings. The van der Waals surface area contributed by atoms with Gasteiger partial charge in [0.2, 0.25) is 0 Å². The van der Waals surface area contributed by atoms with E-state index >= 15 is 0 Å². The van der Waals surface area contributed by atoms with Crippen LogP contribution in [0.2, 0.25) is 0 Å². The van der Waals surface area contributed by atoms with Crippen molar-refractivity contribution in [2.75, 3.05) is 6.54 Å². The SMILES string of the molecule is CCCc1ccccc1-c1ccc(CC(C)NCC)o1. The zero-order valence-corrected chi connectivity index (χ0v) is 12.8. The smallest absolute Gasteiger partial charge is 0.134 e. The van der Waals surface area contributed by atoms with Crippen molar-refractivity contribution in [2.45, 2.75) is 46.1 Å². The highest BCUT2D eigenvalue weighted by atomic mass is 16.3. The van der Waals surface area contributed by atoms with Crippen molar-refractivity contribution >= 4 is 0 Å². The van der Waals surface area contributed by atoms with Crippen LogP contribution in [0.4, 0.5) is 0 Å². The van der Waals surface area contributed by atoms with Crippen LogP contribution >= 0.6 is 0 Å². The van der Waals surface area contributed by atoms with Gasteiger partial charge in [0.25, 0.3) is 0 Å². The van der Waals surface area contributed by atoms with Gasteiger partial charge in [-0.2, -0.15) is 0 Å². The van der Waals surface area contributed by atoms with Gasteiger partial charge >= 0.3 is 0 Å². The Balaban J connectivity index is 2.16. The molecule has 0 radical (unpaired) electrons. The molecule has 0 aliphatic carbocycles. The van der Waals surface area contributed by atoms with Gasteiger partial charge in [-0.3, -0.25) is 0 Å². The van der Waals surface area contributed by atoms with Crippen molar-refractivity contribution in [3.63, 3.8) is 0 Å². The summed E-state index contributed by atoms with van der Waals surface area (Å²) in [4.78, 5) is 0. The lowest BCUT2D eigenvalue weighted by Crippen LogP contribution is -2.27. The standard InChI is InChI=1S/C18H25NO/c1-4-8-15-9-6-7-10-17(15)18-12-11-16(20-18)13-14(3)19-5-2/h6-7,9-12,14,19H,4-5,8,13H2,1-3H3. The van der Waals surface area contributed by atoms with E-state index < -0.39 is 0 Å². The summed E-state index contributed by atoms with van der Waals surface area (Å²) in [5.74, 6) is 2.05. The van der Waals surface area contributed by atoms with Crippen molar-refractivity contribution in [1.82, 2.24) is 5.32 Å². The van der Waals surface area contributed by atoms with E-state index in [-0.39, 0.29) is 0 Å². The molecule has 20 heavy (non-hydrogen) atoms. The molecule has 2 aromatic rings. The summed E-state index contributed by atoms with van der Waals surface area (Å²) >= 11 is 0. The van der Waals surface area contributed by atoms with E-state index in [0.29, 0.717) is 6.04 Å². The molecule has 0 spiro atoms. The molecule has 0 bridgehead atoms. The molecular weight excluding hydrogens is 246 g/mol. The van der Waals surface area contributed by atoms with Crippen molar-refractivity contribution in [3.8, 4) is 11.3 Å². The van der Waals surface area contributed by atoms with Crippen LogP contribution in [0, 0.1) is 0 Å². The number of aryl methyl sites for hydroxylation is 1. The third kappa shape index (κ3) is 3.73. The second-order valence-corrected chi connectivity index (χ2v) is 5.34. The number of benzene rings is 1. The molecule has 1 heterocycles. The van der Waals surface area contributed by atoms with Gasteiger partial charge in [-0.05, 0) is 37.6 Å². The minimum absolute atomic E-state index is 0.449. The van der Waals surface area contributed by atoms with Crippen molar-refractivity contribution < 1.29 is 4.42 Å². The highest BCUT2D eigenvalue weighted by Gasteiger charge is 2.10. The first-order valence-corrected chi connectivity index (χ1v) is 7.65. The number of hydrogen-bond donors (Lipinski definition) is 1. The average molecular weight is 271 g/mol. The summed E-state index contributed by atoms with van der Waals surface area (Å²) in [7, 11) is 0. The first-order chi connectivity index (χ1) is 9.74. The van der Waals surface area contributed by atoms with Gasteiger partial charge in [0.05, 0.1) is 0 Å². The summed E-state index contributed by atoms with van der Waals surface area (Å²) in [5, 5.41) is 3.41. The van der Waals surface area contributed by atoms with Crippen molar-refractivity contribution in [3.05, 3.63) is 47.7 Å². The van der Waals surface area contributed by atoms with Gasteiger partial charge in [0.15, 0.2) is 0 Å². The number of likely N-dealkylation sites (N-methyl/N-ethyl adjacent to an activating group) is 1. The quantitative estimate of drug-likeness (QED) is 0.805. The van der Waals surface area contributed by atoms with Crippen LogP contribution in [0.3, 0.4) is 0 Å². The van der Waals surface area contributed by atoms with Gasteiger partial charge in [0, 0.05) is 18.0 Å². The fourth-order valence-electron chi connectivity index (χ4n) is 2.60. The Morgan fingerprint density at radius 3 is 2.65 bits per heavy atom. The maximum Gasteiger partial charge on any atom is 0.134 e. The predicted molar refractivity (Wildman–Crippen MR) is 85.0 cm³/mol. The largest absolute Gasteiger partial charge is 0.461 e. The second kappa shape index (κ2) is 7.30. The Labute approximate surface area is 122 Å². The Kier molecular flexibility index (Phi) is 5.42. The molecule has 108 valence electrons. The molecule has 0 saturated heterocycles. The zero-order chi connectivity index (χ0) is 14.4. The van der Waals surface area contributed by atoms with Crippen LogP contribution in [0.1, 0.15) is 38.5 Å². The van der Waals surface area contributed by atoms with Crippen LogP contribution in [0.5, 0.6) is 0 Å². The van der Waals surface area contributed by atoms with Gasteiger partial charge in [-0.25, -0.2) is 0 Å². The number of hydrogen-bond acceptors (Lipinski definition) is 2. The minimum atomic E-state index is 0.449. The minimum Gasteiger partial charge on any atom is -0.461 e. The van der Waals surface area contributed by atoms with Crippen LogP contribution in [-0.4, -0.2) is 12.6 Å². The van der Waals surface area contributed by atoms with Crippen molar-refractivity contribution in [1.29, 1.82) is 0 Å². The van der Waals surface area contributed by atoms with E-state index in [2.05, 4.69) is 62.5 Å². The molecule has 0 fully saturated rings. The van der Waals surface area contributed by atoms with Crippen LogP contribution in [0.25, 0.3) is 11.3 Å². The Morgan fingerprint density at radius 1 is 1.10 bits per heavy atom. The third-order valence-electron chi connectivity index (χ3n) is 3.52. The van der Waals surface area contributed by atoms with Gasteiger partial charge < -0.3 is 9.73 Å². The van der Waals surface area contributed by atoms with E-state index in [1.807, 2.05) is 0 Å². The molecule has 0 saturated carbocycles. The molecular formula is C18H25NO. The number of furan rings is 1. The molecule has 1 N–H and O–H groups in total. The highest BCUT2D eigenvalue weighted by molar-refractivity contribution is 5.62. The lowest BCUT2D eigenvalue weighted by atomic mass is 10.0. The van der Waals surface area contributed by atoms with E-state index in [0.717, 1.165) is 37.3 Å². The molecule has 1 unspecified atom stereocenters. The molecule has 2 rings (SSSR count). The van der Waals surface area contributed by atoms with Gasteiger partial charge in [-0.1, -0.05) is 44.5 Å². The summed E-state index contributed by atoms with van der Waals surface area (Å²) in [6.07, 6.45) is 3.19. The molecule has 2 heteroatoms. The maximum atomic E-state index is 6.03. The lowest BCUT2D eigenvalue weighted by Gasteiger charge is -2.10. The van der Waals surface area contributed by atoms with Crippen LogP contribution in [0.15, 0.2) is 40.8 Å². The first kappa shape index (κ1) is 14.9. The van der Waals surface area contributed by atoms with E-state index in [4.69, 9.17) is 4.42 Å². The fraction of sp³-hybridized carbons (Fsp3) is 0.444. The van der Waals surface area contributed by atoms with Gasteiger partial charge in [0.1, 0.15) is 11.5 Å². The fourth-order valence-corrected chi connectivity index (χ4v) is 2.60. The predicted octanol–water partition coefficient (Wildman–Crippen LogP) is 4.44. The Hall–Kier alpha value is -1.54. The van der Waals surface area contributed by atoms with Crippen LogP contribution < -0.4 is 5.32 Å². The molecule has 1 aromatic heterocycles. The molecule has 2 nitrogen and oxygen atoms in total. The summed E-state index contributed by atoms with van der Waals surface area (Å²) in [5.41, 5.74) is 2.60. The van der Waals surface area contributed by atoms with E-state index in [9.17, 15) is 0 Å².